The van der Waals surface area contributed by atoms with Crippen LogP contribution in [-0.2, 0) is 6.54 Å². The van der Waals surface area contributed by atoms with Gasteiger partial charge in [0, 0.05) is 11.6 Å². The molecule has 0 unspecified atom stereocenters. The Morgan fingerprint density at radius 1 is 1.44 bits per heavy atom. The lowest BCUT2D eigenvalue weighted by Crippen LogP contribution is -2.24. The van der Waals surface area contributed by atoms with Crippen LogP contribution in [0.25, 0.3) is 0 Å². The molecule has 0 aliphatic carbocycles. The molecule has 0 aliphatic rings. The standard InChI is InChI=1S/C13H10FN3O/c1-9-11(7-15)6-13(18)17(16-9)8-10-4-2-3-5-12(10)14/h2-6H,8H2,1H3. The highest BCUT2D eigenvalue weighted by atomic mass is 19.1. The molecule has 0 saturated carbocycles. The highest BCUT2D eigenvalue weighted by Gasteiger charge is 2.07. The molecule has 0 N–H and O–H groups in total. The van der Waals surface area contributed by atoms with Gasteiger partial charge in [-0.05, 0) is 13.0 Å². The van der Waals surface area contributed by atoms with Crippen molar-refractivity contribution in [1.82, 2.24) is 9.78 Å². The molecule has 0 spiro atoms. The van der Waals surface area contributed by atoms with E-state index in [-0.39, 0.29) is 17.9 Å². The molecule has 0 fully saturated rings. The van der Waals surface area contributed by atoms with Crippen LogP contribution in [0.4, 0.5) is 4.39 Å². The van der Waals surface area contributed by atoms with Gasteiger partial charge in [-0.1, -0.05) is 18.2 Å². The van der Waals surface area contributed by atoms with Gasteiger partial charge >= 0.3 is 0 Å². The molecule has 0 bridgehead atoms. The molecule has 90 valence electrons. The molecule has 0 amide bonds. The number of benzene rings is 1. The van der Waals surface area contributed by atoms with Gasteiger partial charge in [-0.2, -0.15) is 10.4 Å². The van der Waals surface area contributed by atoms with Crippen LogP contribution in [0.2, 0.25) is 0 Å². The zero-order chi connectivity index (χ0) is 13.1. The van der Waals surface area contributed by atoms with Gasteiger partial charge in [0.25, 0.3) is 5.56 Å². The normalized spacial score (nSPS) is 10.1. The zero-order valence-electron chi connectivity index (χ0n) is 9.72. The summed E-state index contributed by atoms with van der Waals surface area (Å²) in [5, 5.41) is 12.8. The molecular formula is C13H10FN3O. The Balaban J connectivity index is 2.43. The lowest BCUT2D eigenvalue weighted by atomic mass is 10.2. The average molecular weight is 243 g/mol. The minimum atomic E-state index is -0.416. The predicted octanol–water partition coefficient (Wildman–Crippen LogP) is 1.61. The molecule has 0 radical (unpaired) electrons. The summed E-state index contributed by atoms with van der Waals surface area (Å²) in [7, 11) is 0. The van der Waals surface area contributed by atoms with Gasteiger partial charge in [-0.3, -0.25) is 4.79 Å². The summed E-state index contributed by atoms with van der Waals surface area (Å²) >= 11 is 0. The first-order valence-corrected chi connectivity index (χ1v) is 5.34. The van der Waals surface area contributed by atoms with Gasteiger partial charge in [0.15, 0.2) is 0 Å². The summed E-state index contributed by atoms with van der Waals surface area (Å²) in [6.45, 7) is 1.69. The van der Waals surface area contributed by atoms with E-state index in [1.54, 1.807) is 25.1 Å². The number of hydrogen-bond acceptors (Lipinski definition) is 3. The highest BCUT2D eigenvalue weighted by Crippen LogP contribution is 2.07. The first-order chi connectivity index (χ1) is 8.61. The predicted molar refractivity (Wildman–Crippen MR) is 63.5 cm³/mol. The average Bonchev–Trinajstić information content (AvgIpc) is 2.36. The van der Waals surface area contributed by atoms with Crippen LogP contribution in [0.5, 0.6) is 0 Å². The lowest BCUT2D eigenvalue weighted by Gasteiger charge is -2.07. The third-order valence-electron chi connectivity index (χ3n) is 2.58. The van der Waals surface area contributed by atoms with Gasteiger partial charge in [0.05, 0.1) is 17.8 Å². The second kappa shape index (κ2) is 4.80. The van der Waals surface area contributed by atoms with Crippen molar-refractivity contribution in [3.8, 4) is 6.07 Å². The summed E-state index contributed by atoms with van der Waals surface area (Å²) in [5.41, 5.74) is 0.662. The van der Waals surface area contributed by atoms with E-state index < -0.39 is 5.56 Å². The van der Waals surface area contributed by atoms with Crippen molar-refractivity contribution in [3.63, 3.8) is 0 Å². The van der Waals surface area contributed by atoms with E-state index in [0.717, 1.165) is 4.68 Å². The fourth-order valence-corrected chi connectivity index (χ4v) is 1.60. The number of hydrogen-bond donors (Lipinski definition) is 0. The smallest absolute Gasteiger partial charge is 0.268 e. The maximum atomic E-state index is 13.5. The fourth-order valence-electron chi connectivity index (χ4n) is 1.60. The number of aryl methyl sites for hydroxylation is 1. The Hall–Kier alpha value is -2.48. The van der Waals surface area contributed by atoms with E-state index in [0.29, 0.717) is 11.3 Å². The molecule has 0 atom stereocenters. The Bertz CT molecular complexity index is 685. The van der Waals surface area contributed by atoms with Crippen molar-refractivity contribution < 1.29 is 4.39 Å². The topological polar surface area (TPSA) is 58.7 Å². The molecule has 4 nitrogen and oxygen atoms in total. The molecule has 1 heterocycles. The molecule has 5 heteroatoms. The second-order valence-electron chi connectivity index (χ2n) is 3.84. The molecule has 0 saturated heterocycles. The molecule has 0 aliphatic heterocycles. The third-order valence-corrected chi connectivity index (χ3v) is 2.58. The number of halogens is 1. The first-order valence-electron chi connectivity index (χ1n) is 5.34. The van der Waals surface area contributed by atoms with Gasteiger partial charge in [-0.15, -0.1) is 0 Å². The van der Waals surface area contributed by atoms with E-state index in [4.69, 9.17) is 5.26 Å². The maximum Gasteiger partial charge on any atom is 0.268 e. The van der Waals surface area contributed by atoms with Crippen LogP contribution in [0.1, 0.15) is 16.8 Å². The van der Waals surface area contributed by atoms with Crippen molar-refractivity contribution in [2.24, 2.45) is 0 Å². The van der Waals surface area contributed by atoms with E-state index >= 15 is 0 Å². The quantitative estimate of drug-likeness (QED) is 0.805. The van der Waals surface area contributed by atoms with E-state index in [2.05, 4.69) is 5.10 Å². The van der Waals surface area contributed by atoms with Crippen LogP contribution < -0.4 is 5.56 Å². The SMILES string of the molecule is Cc1nn(Cc2ccccc2F)c(=O)cc1C#N. The monoisotopic (exact) mass is 243 g/mol. The van der Waals surface area contributed by atoms with Crippen molar-refractivity contribution in [2.45, 2.75) is 13.5 Å². The Labute approximate surface area is 103 Å². The van der Waals surface area contributed by atoms with Crippen LogP contribution in [-0.4, -0.2) is 9.78 Å². The molecule has 2 rings (SSSR count). The molecule has 1 aromatic heterocycles. The highest BCUT2D eigenvalue weighted by molar-refractivity contribution is 5.30. The summed E-state index contributed by atoms with van der Waals surface area (Å²) < 4.78 is 14.6. The molecule has 2 aromatic rings. The summed E-state index contributed by atoms with van der Waals surface area (Å²) in [5.74, 6) is -0.381. The van der Waals surface area contributed by atoms with Crippen LogP contribution in [0, 0.1) is 24.1 Å². The molecule has 1 aromatic carbocycles. The lowest BCUT2D eigenvalue weighted by molar-refractivity contribution is 0.568. The maximum absolute atomic E-state index is 13.5. The van der Waals surface area contributed by atoms with E-state index in [1.165, 1.54) is 12.1 Å². The van der Waals surface area contributed by atoms with Gasteiger partial charge < -0.3 is 0 Å². The number of aromatic nitrogens is 2. The largest absolute Gasteiger partial charge is 0.268 e. The first kappa shape index (κ1) is 12.0. The number of nitriles is 1. The van der Waals surface area contributed by atoms with Gasteiger partial charge in [-0.25, -0.2) is 9.07 Å². The minimum absolute atomic E-state index is 0.0536. The summed E-state index contributed by atoms with van der Waals surface area (Å²) in [6.07, 6.45) is 0. The van der Waals surface area contributed by atoms with Gasteiger partial charge in [0.2, 0.25) is 0 Å². The number of rotatable bonds is 2. The van der Waals surface area contributed by atoms with Gasteiger partial charge in [0.1, 0.15) is 11.9 Å². The Morgan fingerprint density at radius 3 is 2.83 bits per heavy atom. The molecule has 18 heavy (non-hydrogen) atoms. The Morgan fingerprint density at radius 2 is 2.17 bits per heavy atom. The molecular weight excluding hydrogens is 233 g/mol. The summed E-state index contributed by atoms with van der Waals surface area (Å²) in [4.78, 5) is 11.7. The van der Waals surface area contributed by atoms with Crippen LogP contribution >= 0.6 is 0 Å². The van der Waals surface area contributed by atoms with Crippen molar-refractivity contribution in [2.75, 3.05) is 0 Å². The summed E-state index contributed by atoms with van der Waals surface area (Å²) in [6, 6.07) is 9.30. The van der Waals surface area contributed by atoms with E-state index in [9.17, 15) is 9.18 Å². The zero-order valence-corrected chi connectivity index (χ0v) is 9.72. The van der Waals surface area contributed by atoms with Crippen molar-refractivity contribution in [3.05, 3.63) is 63.3 Å². The van der Waals surface area contributed by atoms with Crippen molar-refractivity contribution in [1.29, 1.82) is 5.26 Å². The van der Waals surface area contributed by atoms with Crippen LogP contribution in [0.3, 0.4) is 0 Å². The third kappa shape index (κ3) is 2.28. The number of nitrogens with zero attached hydrogens (tertiary/aromatic N) is 3. The van der Waals surface area contributed by atoms with E-state index in [1.807, 2.05) is 6.07 Å². The Kier molecular flexibility index (Phi) is 3.20. The fraction of sp³-hybridized carbons (Fsp3) is 0.154. The second-order valence-corrected chi connectivity index (χ2v) is 3.84. The minimum Gasteiger partial charge on any atom is -0.268 e. The van der Waals surface area contributed by atoms with Crippen molar-refractivity contribution >= 4 is 0 Å². The van der Waals surface area contributed by atoms with Crippen LogP contribution in [0.15, 0.2) is 35.1 Å².